The van der Waals surface area contributed by atoms with E-state index < -0.39 is 0 Å². The van der Waals surface area contributed by atoms with Crippen LogP contribution in [0.5, 0.6) is 0 Å². The zero-order valence-electron chi connectivity index (χ0n) is 11.4. The van der Waals surface area contributed by atoms with Gasteiger partial charge < -0.3 is 4.57 Å². The van der Waals surface area contributed by atoms with Crippen molar-refractivity contribution in [3.8, 4) is 0 Å². The molecule has 0 fully saturated rings. The van der Waals surface area contributed by atoms with Crippen molar-refractivity contribution >= 4 is 34.2 Å². The van der Waals surface area contributed by atoms with Crippen LogP contribution < -0.4 is 0 Å². The Hall–Kier alpha value is -0.800. The monoisotopic (exact) mass is 299 g/mol. The molecule has 0 aliphatic carbocycles. The fraction of sp³-hybridized carbons (Fsp3) is 0.571. The predicted octanol–water partition coefficient (Wildman–Crippen LogP) is 4.62. The lowest BCUT2D eigenvalue weighted by Crippen LogP contribution is -2.10. The molecule has 0 radical (unpaired) electrons. The summed E-state index contributed by atoms with van der Waals surface area (Å²) in [6.45, 7) is 4.42. The average molecular weight is 300 g/mol. The van der Waals surface area contributed by atoms with E-state index in [0.717, 1.165) is 29.7 Å². The SMILES string of the molecule is CCCCC(C)n1c(CCCl)nc2cncc(Cl)c21. The number of alkyl halides is 1. The molecule has 2 heterocycles. The Bertz CT molecular complexity index is 551. The van der Waals surface area contributed by atoms with Gasteiger partial charge in [0.1, 0.15) is 11.3 Å². The molecule has 2 rings (SSSR count). The van der Waals surface area contributed by atoms with E-state index in [0.29, 0.717) is 16.9 Å². The van der Waals surface area contributed by atoms with Gasteiger partial charge in [-0.15, -0.1) is 11.6 Å². The maximum Gasteiger partial charge on any atom is 0.111 e. The lowest BCUT2D eigenvalue weighted by atomic mass is 10.1. The Labute approximate surface area is 123 Å². The first-order chi connectivity index (χ1) is 9.19. The van der Waals surface area contributed by atoms with Crippen molar-refractivity contribution < 1.29 is 0 Å². The quantitative estimate of drug-likeness (QED) is 0.729. The van der Waals surface area contributed by atoms with E-state index in [1.165, 1.54) is 12.8 Å². The number of hydrogen-bond donors (Lipinski definition) is 0. The highest BCUT2D eigenvalue weighted by molar-refractivity contribution is 6.34. The predicted molar refractivity (Wildman–Crippen MR) is 81.2 cm³/mol. The van der Waals surface area contributed by atoms with Crippen LogP contribution in [0, 0.1) is 0 Å². The number of fused-ring (bicyclic) bond motifs is 1. The highest BCUT2D eigenvalue weighted by Gasteiger charge is 2.17. The van der Waals surface area contributed by atoms with E-state index in [1.54, 1.807) is 12.4 Å². The third kappa shape index (κ3) is 3.03. The van der Waals surface area contributed by atoms with Gasteiger partial charge in [-0.1, -0.05) is 31.4 Å². The van der Waals surface area contributed by atoms with E-state index in [9.17, 15) is 0 Å². The molecule has 0 amide bonds. The molecule has 5 heteroatoms. The van der Waals surface area contributed by atoms with Gasteiger partial charge in [-0.3, -0.25) is 4.98 Å². The van der Waals surface area contributed by atoms with Crippen molar-refractivity contribution in [3.63, 3.8) is 0 Å². The van der Waals surface area contributed by atoms with Gasteiger partial charge >= 0.3 is 0 Å². The van der Waals surface area contributed by atoms with E-state index in [-0.39, 0.29) is 0 Å². The van der Waals surface area contributed by atoms with Gasteiger partial charge in [0.2, 0.25) is 0 Å². The van der Waals surface area contributed by atoms with Crippen LogP contribution in [-0.2, 0) is 6.42 Å². The van der Waals surface area contributed by atoms with Crippen molar-refractivity contribution in [2.45, 2.75) is 45.6 Å². The molecular weight excluding hydrogens is 281 g/mol. The van der Waals surface area contributed by atoms with E-state index in [1.807, 2.05) is 0 Å². The number of hydrogen-bond acceptors (Lipinski definition) is 2. The van der Waals surface area contributed by atoms with Crippen LogP contribution in [0.3, 0.4) is 0 Å². The molecule has 2 aromatic heterocycles. The third-order valence-electron chi connectivity index (χ3n) is 3.36. The van der Waals surface area contributed by atoms with Crippen LogP contribution in [0.4, 0.5) is 0 Å². The fourth-order valence-electron chi connectivity index (χ4n) is 2.42. The van der Waals surface area contributed by atoms with Crippen molar-refractivity contribution in [2.75, 3.05) is 5.88 Å². The molecule has 0 saturated carbocycles. The number of aromatic nitrogens is 3. The fourth-order valence-corrected chi connectivity index (χ4v) is 2.84. The number of halogens is 2. The summed E-state index contributed by atoms with van der Waals surface area (Å²) < 4.78 is 2.23. The molecule has 104 valence electrons. The molecule has 0 bridgehead atoms. The molecule has 0 N–H and O–H groups in total. The Morgan fingerprint density at radius 1 is 1.37 bits per heavy atom. The summed E-state index contributed by atoms with van der Waals surface area (Å²) in [4.78, 5) is 8.73. The maximum atomic E-state index is 6.30. The molecule has 0 aliphatic heterocycles. The van der Waals surface area contributed by atoms with Gasteiger partial charge in [0.05, 0.1) is 16.7 Å². The summed E-state index contributed by atoms with van der Waals surface area (Å²) in [5.41, 5.74) is 1.84. The molecule has 0 aliphatic rings. The molecular formula is C14H19Cl2N3. The topological polar surface area (TPSA) is 30.7 Å². The standard InChI is InChI=1S/C14H19Cl2N3/c1-3-4-5-10(2)19-13(6-7-15)18-12-9-17-8-11(16)14(12)19/h8-10H,3-7H2,1-2H3. The van der Waals surface area contributed by atoms with Gasteiger partial charge in [-0.2, -0.15) is 0 Å². The van der Waals surface area contributed by atoms with Crippen molar-refractivity contribution in [1.82, 2.24) is 14.5 Å². The average Bonchev–Trinajstić information content (AvgIpc) is 2.76. The maximum absolute atomic E-state index is 6.30. The van der Waals surface area contributed by atoms with Crippen LogP contribution in [0.2, 0.25) is 5.02 Å². The molecule has 1 atom stereocenters. The van der Waals surface area contributed by atoms with Gasteiger partial charge in [0.25, 0.3) is 0 Å². The van der Waals surface area contributed by atoms with Crippen molar-refractivity contribution in [3.05, 3.63) is 23.2 Å². The smallest absolute Gasteiger partial charge is 0.111 e. The summed E-state index contributed by atoms with van der Waals surface area (Å²) >= 11 is 12.2. The summed E-state index contributed by atoms with van der Waals surface area (Å²) in [6, 6.07) is 0.378. The van der Waals surface area contributed by atoms with Gasteiger partial charge in [-0.05, 0) is 13.3 Å². The van der Waals surface area contributed by atoms with E-state index in [4.69, 9.17) is 23.2 Å². The minimum atomic E-state index is 0.378. The Morgan fingerprint density at radius 3 is 2.84 bits per heavy atom. The first-order valence-corrected chi connectivity index (χ1v) is 7.66. The molecule has 2 aromatic rings. The summed E-state index contributed by atoms with van der Waals surface area (Å²) in [7, 11) is 0. The lowest BCUT2D eigenvalue weighted by molar-refractivity contribution is 0.482. The van der Waals surface area contributed by atoms with E-state index in [2.05, 4.69) is 28.4 Å². The summed E-state index contributed by atoms with van der Waals surface area (Å²) in [5.74, 6) is 1.57. The zero-order chi connectivity index (χ0) is 13.8. The molecule has 3 nitrogen and oxygen atoms in total. The van der Waals surface area contributed by atoms with Crippen LogP contribution in [0.1, 0.15) is 45.0 Å². The molecule has 1 unspecified atom stereocenters. The number of unbranched alkanes of at least 4 members (excludes halogenated alkanes) is 1. The number of imidazole rings is 1. The normalized spacial score (nSPS) is 13.1. The Morgan fingerprint density at radius 2 is 2.16 bits per heavy atom. The molecule has 0 spiro atoms. The number of rotatable bonds is 6. The Kier molecular flexibility index (Phi) is 5.06. The van der Waals surface area contributed by atoms with Crippen molar-refractivity contribution in [2.24, 2.45) is 0 Å². The van der Waals surface area contributed by atoms with Crippen molar-refractivity contribution in [1.29, 1.82) is 0 Å². The minimum Gasteiger partial charge on any atom is -0.324 e. The summed E-state index contributed by atoms with van der Waals surface area (Å²) in [6.07, 6.45) is 7.71. The first kappa shape index (κ1) is 14.6. The van der Waals surface area contributed by atoms with Crippen LogP contribution in [0.15, 0.2) is 12.4 Å². The second-order valence-corrected chi connectivity index (χ2v) is 5.60. The highest BCUT2D eigenvalue weighted by atomic mass is 35.5. The van der Waals surface area contributed by atoms with Gasteiger partial charge in [-0.25, -0.2) is 4.98 Å². The number of pyridine rings is 1. The van der Waals surface area contributed by atoms with Gasteiger partial charge in [0, 0.05) is 24.5 Å². The Balaban J connectivity index is 2.50. The second kappa shape index (κ2) is 6.58. The summed E-state index contributed by atoms with van der Waals surface area (Å²) in [5, 5.41) is 0.661. The highest BCUT2D eigenvalue weighted by Crippen LogP contribution is 2.29. The lowest BCUT2D eigenvalue weighted by Gasteiger charge is -2.17. The van der Waals surface area contributed by atoms with Crippen LogP contribution >= 0.6 is 23.2 Å². The van der Waals surface area contributed by atoms with Crippen LogP contribution in [-0.4, -0.2) is 20.4 Å². The minimum absolute atomic E-state index is 0.378. The number of nitrogens with zero attached hydrogens (tertiary/aromatic N) is 3. The first-order valence-electron chi connectivity index (χ1n) is 6.75. The third-order valence-corrected chi connectivity index (χ3v) is 3.82. The molecule has 0 aromatic carbocycles. The van der Waals surface area contributed by atoms with E-state index >= 15 is 0 Å². The number of aryl methyl sites for hydroxylation is 1. The molecule has 19 heavy (non-hydrogen) atoms. The van der Waals surface area contributed by atoms with Crippen LogP contribution in [0.25, 0.3) is 11.0 Å². The second-order valence-electron chi connectivity index (χ2n) is 4.82. The largest absolute Gasteiger partial charge is 0.324 e. The van der Waals surface area contributed by atoms with Gasteiger partial charge in [0.15, 0.2) is 0 Å². The molecule has 0 saturated heterocycles. The zero-order valence-corrected chi connectivity index (χ0v) is 12.9.